The highest BCUT2D eigenvalue weighted by Crippen LogP contribution is 2.36. The maximum atomic E-state index is 12.9. The molecule has 0 aliphatic heterocycles. The Balaban J connectivity index is 2.64. The average Bonchev–Trinajstić information content (AvgIpc) is 2.59. The molecule has 92 valence electrons. The average molecular weight is 241 g/mol. The minimum Gasteiger partial charge on any atom is -0.361 e. The van der Waals surface area contributed by atoms with E-state index in [1.54, 1.807) is 12.3 Å². The van der Waals surface area contributed by atoms with Gasteiger partial charge in [-0.25, -0.2) is 0 Å². The van der Waals surface area contributed by atoms with Crippen molar-refractivity contribution in [1.29, 1.82) is 0 Å². The van der Waals surface area contributed by atoms with Crippen molar-refractivity contribution in [2.45, 2.75) is 26.4 Å². The molecule has 0 fully saturated rings. The van der Waals surface area contributed by atoms with E-state index in [1.165, 1.54) is 6.07 Å². The third-order valence-corrected chi connectivity index (χ3v) is 2.72. The van der Waals surface area contributed by atoms with Crippen molar-refractivity contribution in [2.75, 3.05) is 0 Å². The standard InChI is InChI=1S/C13H14F3N/c1-8(2)6-9-7-17-11-5-3-4-10(12(9)11)13(14,15)16/h3-5,7-8,17H,6H2,1-2H3. The molecular weight excluding hydrogens is 227 g/mol. The van der Waals surface area contributed by atoms with Gasteiger partial charge in [-0.2, -0.15) is 13.2 Å². The van der Waals surface area contributed by atoms with E-state index in [1.807, 2.05) is 13.8 Å². The second-order valence-corrected chi connectivity index (χ2v) is 4.64. The van der Waals surface area contributed by atoms with E-state index in [-0.39, 0.29) is 0 Å². The quantitative estimate of drug-likeness (QED) is 0.802. The minimum absolute atomic E-state index is 0.314. The van der Waals surface area contributed by atoms with Crippen molar-refractivity contribution in [3.63, 3.8) is 0 Å². The van der Waals surface area contributed by atoms with Crippen molar-refractivity contribution in [2.24, 2.45) is 5.92 Å². The van der Waals surface area contributed by atoms with Crippen LogP contribution in [0.25, 0.3) is 10.9 Å². The molecule has 0 spiro atoms. The first kappa shape index (κ1) is 12.0. The maximum absolute atomic E-state index is 12.9. The molecule has 0 aliphatic rings. The van der Waals surface area contributed by atoms with Crippen LogP contribution < -0.4 is 0 Å². The summed E-state index contributed by atoms with van der Waals surface area (Å²) in [6, 6.07) is 4.25. The molecule has 0 aliphatic carbocycles. The molecule has 1 N–H and O–H groups in total. The van der Waals surface area contributed by atoms with Gasteiger partial charge < -0.3 is 4.98 Å². The van der Waals surface area contributed by atoms with Crippen molar-refractivity contribution in [3.8, 4) is 0 Å². The second-order valence-electron chi connectivity index (χ2n) is 4.64. The first-order valence-electron chi connectivity index (χ1n) is 5.55. The lowest BCUT2D eigenvalue weighted by atomic mass is 9.99. The second kappa shape index (κ2) is 4.09. The Labute approximate surface area is 97.6 Å². The maximum Gasteiger partial charge on any atom is 0.417 e. The number of aromatic nitrogens is 1. The van der Waals surface area contributed by atoms with Gasteiger partial charge >= 0.3 is 6.18 Å². The highest BCUT2D eigenvalue weighted by atomic mass is 19.4. The zero-order chi connectivity index (χ0) is 12.6. The lowest BCUT2D eigenvalue weighted by Gasteiger charge is -2.10. The van der Waals surface area contributed by atoms with Gasteiger partial charge in [0.05, 0.1) is 5.56 Å². The smallest absolute Gasteiger partial charge is 0.361 e. The third kappa shape index (κ3) is 2.30. The number of alkyl halides is 3. The number of benzene rings is 1. The van der Waals surface area contributed by atoms with E-state index in [4.69, 9.17) is 0 Å². The number of aromatic amines is 1. The van der Waals surface area contributed by atoms with Gasteiger partial charge in [-0.3, -0.25) is 0 Å². The fourth-order valence-electron chi connectivity index (χ4n) is 2.09. The Morgan fingerprint density at radius 1 is 1.24 bits per heavy atom. The summed E-state index contributed by atoms with van der Waals surface area (Å²) in [5.41, 5.74) is 0.741. The normalized spacial score (nSPS) is 12.6. The van der Waals surface area contributed by atoms with E-state index < -0.39 is 11.7 Å². The number of rotatable bonds is 2. The van der Waals surface area contributed by atoms with Crippen molar-refractivity contribution in [3.05, 3.63) is 35.5 Å². The van der Waals surface area contributed by atoms with E-state index in [9.17, 15) is 13.2 Å². The lowest BCUT2D eigenvalue weighted by molar-refractivity contribution is -0.136. The fourth-order valence-corrected chi connectivity index (χ4v) is 2.09. The van der Waals surface area contributed by atoms with Gasteiger partial charge in [0.2, 0.25) is 0 Å². The first-order chi connectivity index (χ1) is 7.89. The molecule has 0 saturated heterocycles. The van der Waals surface area contributed by atoms with Crippen LogP contribution >= 0.6 is 0 Å². The summed E-state index contributed by atoms with van der Waals surface area (Å²) in [4.78, 5) is 2.91. The molecule has 1 heterocycles. The van der Waals surface area contributed by atoms with Gasteiger partial charge in [-0.15, -0.1) is 0 Å². The van der Waals surface area contributed by atoms with Crippen LogP contribution in [0.2, 0.25) is 0 Å². The summed E-state index contributed by atoms with van der Waals surface area (Å²) < 4.78 is 38.7. The lowest BCUT2D eigenvalue weighted by Crippen LogP contribution is -2.06. The molecule has 2 rings (SSSR count). The van der Waals surface area contributed by atoms with Gasteiger partial charge in [0.15, 0.2) is 0 Å². The number of hydrogen-bond acceptors (Lipinski definition) is 0. The topological polar surface area (TPSA) is 15.8 Å². The Kier molecular flexibility index (Phi) is 2.89. The summed E-state index contributed by atoms with van der Waals surface area (Å²) in [7, 11) is 0. The molecule has 1 nitrogen and oxygen atoms in total. The van der Waals surface area contributed by atoms with Gasteiger partial charge in [-0.05, 0) is 30.0 Å². The Morgan fingerprint density at radius 2 is 1.94 bits per heavy atom. The molecule has 17 heavy (non-hydrogen) atoms. The van der Waals surface area contributed by atoms with Crippen molar-refractivity contribution >= 4 is 10.9 Å². The van der Waals surface area contributed by atoms with Crippen molar-refractivity contribution in [1.82, 2.24) is 4.98 Å². The highest BCUT2D eigenvalue weighted by molar-refractivity contribution is 5.87. The fraction of sp³-hybridized carbons (Fsp3) is 0.385. The molecule has 0 saturated carbocycles. The number of hydrogen-bond donors (Lipinski definition) is 1. The minimum atomic E-state index is -4.30. The largest absolute Gasteiger partial charge is 0.417 e. The van der Waals surface area contributed by atoms with Crippen LogP contribution in [0.15, 0.2) is 24.4 Å². The summed E-state index contributed by atoms with van der Waals surface area (Å²) in [5.74, 6) is 0.329. The predicted molar refractivity (Wildman–Crippen MR) is 61.8 cm³/mol. The van der Waals surface area contributed by atoms with Gasteiger partial charge in [0.1, 0.15) is 0 Å². The van der Waals surface area contributed by atoms with Crippen LogP contribution in [0.3, 0.4) is 0 Å². The summed E-state index contributed by atoms with van der Waals surface area (Å²) in [6.07, 6.45) is -1.97. The molecule has 0 atom stereocenters. The molecule has 2 aromatic rings. The van der Waals surface area contributed by atoms with Crippen LogP contribution in [0.5, 0.6) is 0 Å². The zero-order valence-corrected chi connectivity index (χ0v) is 9.73. The molecule has 1 aromatic carbocycles. The van der Waals surface area contributed by atoms with Crippen LogP contribution in [-0.2, 0) is 12.6 Å². The summed E-state index contributed by atoms with van der Waals surface area (Å²) >= 11 is 0. The number of H-pyrrole nitrogens is 1. The summed E-state index contributed by atoms with van der Waals surface area (Å²) in [5, 5.41) is 0.314. The van der Waals surface area contributed by atoms with Crippen LogP contribution in [-0.4, -0.2) is 4.98 Å². The molecule has 0 unspecified atom stereocenters. The Hall–Kier alpha value is -1.45. The Morgan fingerprint density at radius 3 is 2.53 bits per heavy atom. The zero-order valence-electron chi connectivity index (χ0n) is 9.73. The number of fused-ring (bicyclic) bond motifs is 1. The molecule has 0 amide bonds. The third-order valence-electron chi connectivity index (χ3n) is 2.72. The molecule has 4 heteroatoms. The van der Waals surface area contributed by atoms with E-state index >= 15 is 0 Å². The van der Waals surface area contributed by atoms with E-state index in [0.717, 1.165) is 11.6 Å². The SMILES string of the molecule is CC(C)Cc1c[nH]c2cccc(C(F)(F)F)c12. The highest BCUT2D eigenvalue weighted by Gasteiger charge is 2.33. The van der Waals surface area contributed by atoms with E-state index in [2.05, 4.69) is 4.98 Å². The van der Waals surface area contributed by atoms with Gasteiger partial charge in [-0.1, -0.05) is 19.9 Å². The molecular formula is C13H14F3N. The first-order valence-corrected chi connectivity index (χ1v) is 5.55. The monoisotopic (exact) mass is 241 g/mol. The summed E-state index contributed by atoms with van der Waals surface area (Å²) in [6.45, 7) is 3.99. The van der Waals surface area contributed by atoms with Crippen LogP contribution in [0.1, 0.15) is 25.0 Å². The van der Waals surface area contributed by atoms with Gasteiger partial charge in [0, 0.05) is 17.1 Å². The van der Waals surface area contributed by atoms with Crippen molar-refractivity contribution < 1.29 is 13.2 Å². The number of halogens is 3. The van der Waals surface area contributed by atoms with Crippen LogP contribution in [0.4, 0.5) is 13.2 Å². The number of nitrogens with one attached hydrogen (secondary N) is 1. The van der Waals surface area contributed by atoms with E-state index in [0.29, 0.717) is 23.2 Å². The van der Waals surface area contributed by atoms with Crippen LogP contribution in [0, 0.1) is 5.92 Å². The molecule has 0 radical (unpaired) electrons. The molecule has 0 bridgehead atoms. The van der Waals surface area contributed by atoms with Gasteiger partial charge in [0.25, 0.3) is 0 Å². The molecule has 1 aromatic heterocycles. The predicted octanol–water partition coefficient (Wildman–Crippen LogP) is 4.39. The Bertz CT molecular complexity index is 523.